The molecule has 1 aliphatic heterocycles. The van der Waals surface area contributed by atoms with Gasteiger partial charge in [-0.2, -0.15) is 0 Å². The Morgan fingerprint density at radius 1 is 1.17 bits per heavy atom. The molecule has 2 aromatic rings. The lowest BCUT2D eigenvalue weighted by Gasteiger charge is -2.14. The van der Waals surface area contributed by atoms with Gasteiger partial charge in [-0.15, -0.1) is 0 Å². The van der Waals surface area contributed by atoms with E-state index < -0.39 is 46.6 Å². The predicted octanol–water partition coefficient (Wildman–Crippen LogP) is 1.32. The maximum Gasteiger partial charge on any atom is 0.341 e. The van der Waals surface area contributed by atoms with Crippen LogP contribution in [0.15, 0.2) is 36.4 Å². The summed E-state index contributed by atoms with van der Waals surface area (Å²) < 4.78 is 4.51. The van der Waals surface area contributed by atoms with Gasteiger partial charge in [0, 0.05) is 6.07 Å². The van der Waals surface area contributed by atoms with Gasteiger partial charge in [0.2, 0.25) is 5.91 Å². The van der Waals surface area contributed by atoms with Gasteiger partial charge in [-0.3, -0.25) is 29.4 Å². The number of para-hydroxylation sites is 1. The minimum absolute atomic E-state index is 0.138. The van der Waals surface area contributed by atoms with Crippen molar-refractivity contribution in [1.82, 2.24) is 4.90 Å². The maximum atomic E-state index is 12.5. The third kappa shape index (κ3) is 3.36. The summed E-state index contributed by atoms with van der Waals surface area (Å²) in [6.45, 7) is -0.745. The molecule has 29 heavy (non-hydrogen) atoms. The second-order valence-electron chi connectivity index (χ2n) is 5.89. The molecule has 0 aromatic heterocycles. The molecule has 0 aliphatic carbocycles. The van der Waals surface area contributed by atoms with E-state index in [1.165, 1.54) is 30.3 Å². The number of nitrogens with zero attached hydrogens (tertiary/aromatic N) is 2. The number of fused-ring (bicyclic) bond motifs is 1. The molecule has 0 unspecified atom stereocenters. The maximum absolute atomic E-state index is 12.5. The highest BCUT2D eigenvalue weighted by molar-refractivity contribution is 6.24. The Bertz CT molecular complexity index is 1080. The van der Waals surface area contributed by atoms with Crippen molar-refractivity contribution in [2.75, 3.05) is 19.0 Å². The minimum atomic E-state index is -0.972. The van der Waals surface area contributed by atoms with E-state index >= 15 is 0 Å². The number of carbonyl (C=O) groups is 4. The Kier molecular flexibility index (Phi) is 4.96. The van der Waals surface area contributed by atoms with Crippen molar-refractivity contribution >= 4 is 35.1 Å². The monoisotopic (exact) mass is 399 g/mol. The third-order valence-electron chi connectivity index (χ3n) is 4.19. The van der Waals surface area contributed by atoms with Crippen molar-refractivity contribution in [2.24, 2.45) is 0 Å². The molecule has 0 saturated carbocycles. The summed E-state index contributed by atoms with van der Waals surface area (Å²) in [5, 5.41) is 23.5. The van der Waals surface area contributed by atoms with Crippen molar-refractivity contribution < 1.29 is 33.9 Å². The van der Waals surface area contributed by atoms with Crippen molar-refractivity contribution in [3.63, 3.8) is 0 Å². The highest BCUT2D eigenvalue weighted by Gasteiger charge is 2.41. The number of methoxy groups -OCH3 is 1. The molecule has 3 rings (SSSR count). The van der Waals surface area contributed by atoms with Crippen LogP contribution in [0.5, 0.6) is 5.75 Å². The number of ether oxygens (including phenoxy) is 1. The van der Waals surface area contributed by atoms with Gasteiger partial charge in [0.15, 0.2) is 5.75 Å². The number of anilines is 1. The topological polar surface area (TPSA) is 156 Å². The lowest BCUT2D eigenvalue weighted by molar-refractivity contribution is -0.385. The number of hydrogen-bond acceptors (Lipinski definition) is 8. The summed E-state index contributed by atoms with van der Waals surface area (Å²) in [5.74, 6) is -4.06. The highest BCUT2D eigenvalue weighted by Crippen LogP contribution is 2.31. The number of hydrogen-bond donors (Lipinski definition) is 2. The van der Waals surface area contributed by atoms with Crippen LogP contribution in [0.1, 0.15) is 31.1 Å². The number of phenolic OH excluding ortho intramolecular Hbond substituents is 1. The Morgan fingerprint density at radius 3 is 2.52 bits per heavy atom. The standard InChI is InChI=1S/C18H13N3O8/c1-29-18(26)10-5-2-6-11(15(10)23)19-13(22)8-20-16(24)9-4-3-7-12(21(27)28)14(9)17(20)25/h2-7,23H,8H2,1H3,(H,19,22). The first-order valence-corrected chi connectivity index (χ1v) is 8.10. The number of imide groups is 1. The van der Waals surface area contributed by atoms with Crippen LogP contribution < -0.4 is 5.32 Å². The van der Waals surface area contributed by atoms with E-state index in [1.54, 1.807) is 0 Å². The zero-order chi connectivity index (χ0) is 21.3. The van der Waals surface area contributed by atoms with Gasteiger partial charge in [-0.1, -0.05) is 12.1 Å². The van der Waals surface area contributed by atoms with E-state index in [0.29, 0.717) is 4.90 Å². The molecule has 0 bridgehead atoms. The van der Waals surface area contributed by atoms with Crippen LogP contribution in [-0.4, -0.2) is 52.3 Å². The summed E-state index contributed by atoms with van der Waals surface area (Å²) in [6.07, 6.45) is 0. The molecule has 2 N–H and O–H groups in total. The second-order valence-corrected chi connectivity index (χ2v) is 5.89. The van der Waals surface area contributed by atoms with Gasteiger partial charge >= 0.3 is 5.97 Å². The number of phenols is 1. The molecule has 1 heterocycles. The number of aromatic hydroxyl groups is 1. The first-order valence-electron chi connectivity index (χ1n) is 8.10. The number of esters is 1. The van der Waals surface area contributed by atoms with Crippen molar-refractivity contribution in [2.45, 2.75) is 0 Å². The van der Waals surface area contributed by atoms with Crippen molar-refractivity contribution in [3.05, 3.63) is 63.2 Å². The van der Waals surface area contributed by atoms with Crippen LogP contribution in [0.2, 0.25) is 0 Å². The third-order valence-corrected chi connectivity index (χ3v) is 4.19. The summed E-state index contributed by atoms with van der Waals surface area (Å²) >= 11 is 0. The Balaban J connectivity index is 1.82. The first kappa shape index (κ1) is 19.5. The molecule has 11 heteroatoms. The molecule has 0 atom stereocenters. The van der Waals surface area contributed by atoms with Gasteiger partial charge in [-0.25, -0.2) is 4.79 Å². The van der Waals surface area contributed by atoms with Crippen LogP contribution in [0.4, 0.5) is 11.4 Å². The molecule has 0 saturated heterocycles. The predicted molar refractivity (Wildman–Crippen MR) is 96.5 cm³/mol. The largest absolute Gasteiger partial charge is 0.505 e. The fraction of sp³-hybridized carbons (Fsp3) is 0.111. The number of nitro groups is 1. The van der Waals surface area contributed by atoms with E-state index in [0.717, 1.165) is 13.2 Å². The van der Waals surface area contributed by atoms with Gasteiger partial charge in [0.1, 0.15) is 17.7 Å². The van der Waals surface area contributed by atoms with Crippen molar-refractivity contribution in [1.29, 1.82) is 0 Å². The molecule has 3 amide bonds. The fourth-order valence-corrected chi connectivity index (χ4v) is 2.86. The smallest absolute Gasteiger partial charge is 0.341 e. The average molecular weight is 399 g/mol. The summed E-state index contributed by atoms with van der Waals surface area (Å²) in [7, 11) is 1.12. The first-order chi connectivity index (χ1) is 13.8. The normalized spacial score (nSPS) is 12.5. The molecule has 2 aromatic carbocycles. The van der Waals surface area contributed by atoms with E-state index in [9.17, 15) is 34.4 Å². The molecular formula is C18H13N3O8. The lowest BCUT2D eigenvalue weighted by atomic mass is 10.1. The van der Waals surface area contributed by atoms with Crippen LogP contribution >= 0.6 is 0 Å². The Hall–Kier alpha value is -4.28. The minimum Gasteiger partial charge on any atom is -0.505 e. The molecule has 11 nitrogen and oxygen atoms in total. The van der Waals surface area contributed by atoms with E-state index in [-0.39, 0.29) is 22.4 Å². The zero-order valence-corrected chi connectivity index (χ0v) is 14.9. The van der Waals surface area contributed by atoms with E-state index in [4.69, 9.17) is 0 Å². The summed E-state index contributed by atoms with van der Waals surface area (Å²) in [5.41, 5.74) is -1.42. The Morgan fingerprint density at radius 2 is 1.86 bits per heavy atom. The Labute approximate surface area is 162 Å². The zero-order valence-electron chi connectivity index (χ0n) is 14.9. The van der Waals surface area contributed by atoms with Crippen LogP contribution in [0, 0.1) is 10.1 Å². The quantitative estimate of drug-likeness (QED) is 0.251. The van der Waals surface area contributed by atoms with E-state index in [1.807, 2.05) is 0 Å². The molecule has 0 radical (unpaired) electrons. The molecule has 0 spiro atoms. The molecule has 0 fully saturated rings. The molecule has 1 aliphatic rings. The van der Waals surface area contributed by atoms with Crippen LogP contribution in [0.25, 0.3) is 0 Å². The number of rotatable bonds is 5. The highest BCUT2D eigenvalue weighted by atomic mass is 16.6. The molecular weight excluding hydrogens is 386 g/mol. The lowest BCUT2D eigenvalue weighted by Crippen LogP contribution is -2.37. The average Bonchev–Trinajstić information content (AvgIpc) is 2.93. The second kappa shape index (κ2) is 7.38. The van der Waals surface area contributed by atoms with Crippen molar-refractivity contribution in [3.8, 4) is 5.75 Å². The van der Waals surface area contributed by atoms with Crippen LogP contribution in [0.3, 0.4) is 0 Å². The summed E-state index contributed by atoms with van der Waals surface area (Å²) in [6, 6.07) is 7.57. The summed E-state index contributed by atoms with van der Waals surface area (Å²) in [4.78, 5) is 59.7. The number of amides is 3. The number of nitrogens with one attached hydrogen (secondary N) is 1. The number of benzene rings is 2. The number of nitro benzene ring substituents is 1. The van der Waals surface area contributed by atoms with Crippen LogP contribution in [-0.2, 0) is 9.53 Å². The van der Waals surface area contributed by atoms with Gasteiger partial charge in [0.05, 0.1) is 23.3 Å². The fourth-order valence-electron chi connectivity index (χ4n) is 2.86. The van der Waals surface area contributed by atoms with Gasteiger partial charge < -0.3 is 15.2 Å². The molecule has 148 valence electrons. The van der Waals surface area contributed by atoms with Gasteiger partial charge in [0.25, 0.3) is 17.5 Å². The SMILES string of the molecule is COC(=O)c1cccc(NC(=O)CN2C(=O)c3cccc([N+](=O)[O-])c3C2=O)c1O. The number of carbonyl (C=O) groups excluding carboxylic acids is 4. The van der Waals surface area contributed by atoms with E-state index in [2.05, 4.69) is 10.1 Å². The van der Waals surface area contributed by atoms with Gasteiger partial charge in [-0.05, 0) is 18.2 Å².